The Morgan fingerprint density at radius 2 is 1.22 bits per heavy atom. The number of piperazine rings is 1. The average Bonchev–Trinajstić information content (AvgIpc) is 2.76. The molecule has 136 valence electrons. The summed E-state index contributed by atoms with van der Waals surface area (Å²) < 4.78 is 0. The summed E-state index contributed by atoms with van der Waals surface area (Å²) in [5, 5.41) is 0. The Morgan fingerprint density at radius 1 is 0.667 bits per heavy atom. The molecule has 0 saturated carbocycles. The number of benzene rings is 3. The molecule has 0 unspecified atom stereocenters. The molecule has 1 aliphatic rings. The molecule has 27 heavy (non-hydrogen) atoms. The van der Waals surface area contributed by atoms with Crippen molar-refractivity contribution in [2.75, 3.05) is 26.2 Å². The number of amides is 1. The van der Waals surface area contributed by atoms with Gasteiger partial charge in [0, 0.05) is 38.3 Å². The Kier molecular flexibility index (Phi) is 5.31. The van der Waals surface area contributed by atoms with Crippen molar-refractivity contribution in [3.63, 3.8) is 0 Å². The lowest BCUT2D eigenvalue weighted by atomic mass is 10.0. The molecule has 0 aromatic heterocycles. The van der Waals surface area contributed by atoms with E-state index in [4.69, 9.17) is 0 Å². The Balaban J connectivity index is 1.32. The van der Waals surface area contributed by atoms with E-state index in [1.54, 1.807) is 0 Å². The highest BCUT2D eigenvalue weighted by atomic mass is 16.2. The van der Waals surface area contributed by atoms with Crippen LogP contribution in [0.25, 0.3) is 11.1 Å². The van der Waals surface area contributed by atoms with Crippen LogP contribution in [0.1, 0.15) is 15.9 Å². The lowest BCUT2D eigenvalue weighted by Crippen LogP contribution is -2.48. The third-order valence-corrected chi connectivity index (χ3v) is 5.15. The van der Waals surface area contributed by atoms with Gasteiger partial charge in [-0.2, -0.15) is 0 Å². The van der Waals surface area contributed by atoms with E-state index in [2.05, 4.69) is 53.4 Å². The summed E-state index contributed by atoms with van der Waals surface area (Å²) in [5.74, 6) is 0.141. The topological polar surface area (TPSA) is 23.6 Å². The molecule has 0 bridgehead atoms. The molecule has 1 heterocycles. The highest BCUT2D eigenvalue weighted by molar-refractivity contribution is 5.94. The summed E-state index contributed by atoms with van der Waals surface area (Å²) in [6.07, 6.45) is 0. The molecule has 3 aromatic rings. The molecule has 0 N–H and O–H groups in total. The zero-order valence-corrected chi connectivity index (χ0v) is 15.4. The third kappa shape index (κ3) is 4.26. The molecule has 0 atom stereocenters. The van der Waals surface area contributed by atoms with E-state index >= 15 is 0 Å². The van der Waals surface area contributed by atoms with Crippen molar-refractivity contribution in [2.24, 2.45) is 0 Å². The predicted octanol–water partition coefficient (Wildman–Crippen LogP) is 4.31. The number of carbonyl (C=O) groups excluding carboxylic acids is 1. The molecular weight excluding hydrogens is 332 g/mol. The zero-order valence-electron chi connectivity index (χ0n) is 15.4. The van der Waals surface area contributed by atoms with E-state index in [0.29, 0.717) is 0 Å². The molecule has 0 aliphatic carbocycles. The Morgan fingerprint density at radius 3 is 1.85 bits per heavy atom. The summed E-state index contributed by atoms with van der Waals surface area (Å²) in [5.41, 5.74) is 4.59. The van der Waals surface area contributed by atoms with Gasteiger partial charge in [0.05, 0.1) is 0 Å². The SMILES string of the molecule is O=C(c1ccccc1)N1CCN(Cc2ccc(-c3ccccc3)cc2)CC1. The maximum absolute atomic E-state index is 12.5. The van der Waals surface area contributed by atoms with Gasteiger partial charge in [0.2, 0.25) is 0 Å². The smallest absolute Gasteiger partial charge is 0.253 e. The van der Waals surface area contributed by atoms with Gasteiger partial charge in [-0.05, 0) is 28.8 Å². The number of rotatable bonds is 4. The van der Waals surface area contributed by atoms with Crippen LogP contribution in [0.5, 0.6) is 0 Å². The second-order valence-electron chi connectivity index (χ2n) is 7.00. The lowest BCUT2D eigenvalue weighted by molar-refractivity contribution is 0.0628. The normalized spacial score (nSPS) is 14.9. The first-order chi connectivity index (χ1) is 13.3. The molecule has 3 nitrogen and oxygen atoms in total. The standard InChI is InChI=1S/C24H24N2O/c27-24(23-9-5-2-6-10-23)26-17-15-25(16-18-26)19-20-11-13-22(14-12-20)21-7-3-1-4-8-21/h1-14H,15-19H2. The Hall–Kier alpha value is -2.91. The van der Waals surface area contributed by atoms with Gasteiger partial charge in [0.1, 0.15) is 0 Å². The van der Waals surface area contributed by atoms with Crippen molar-refractivity contribution in [1.29, 1.82) is 0 Å². The number of carbonyl (C=O) groups is 1. The van der Waals surface area contributed by atoms with E-state index in [0.717, 1.165) is 38.3 Å². The molecule has 1 fully saturated rings. The van der Waals surface area contributed by atoms with E-state index in [1.807, 2.05) is 41.3 Å². The van der Waals surface area contributed by atoms with Crippen LogP contribution in [0.4, 0.5) is 0 Å². The van der Waals surface area contributed by atoms with Crippen LogP contribution in [0.2, 0.25) is 0 Å². The first kappa shape index (κ1) is 17.5. The van der Waals surface area contributed by atoms with Crippen molar-refractivity contribution in [3.8, 4) is 11.1 Å². The van der Waals surface area contributed by atoms with Gasteiger partial charge >= 0.3 is 0 Å². The van der Waals surface area contributed by atoms with Crippen molar-refractivity contribution < 1.29 is 4.79 Å². The minimum Gasteiger partial charge on any atom is -0.336 e. The minimum absolute atomic E-state index is 0.141. The Bertz CT molecular complexity index is 867. The summed E-state index contributed by atoms with van der Waals surface area (Å²) >= 11 is 0. The van der Waals surface area contributed by atoms with Crippen LogP contribution in [-0.2, 0) is 6.54 Å². The number of hydrogen-bond acceptors (Lipinski definition) is 2. The van der Waals surface area contributed by atoms with Gasteiger partial charge in [0.25, 0.3) is 5.91 Å². The van der Waals surface area contributed by atoms with Crippen LogP contribution >= 0.6 is 0 Å². The first-order valence-corrected chi connectivity index (χ1v) is 9.51. The summed E-state index contributed by atoms with van der Waals surface area (Å²) in [6.45, 7) is 4.34. The molecule has 0 radical (unpaired) electrons. The molecule has 1 amide bonds. The maximum atomic E-state index is 12.5. The molecule has 0 spiro atoms. The molecule has 1 aliphatic heterocycles. The summed E-state index contributed by atoms with van der Waals surface area (Å²) in [7, 11) is 0. The first-order valence-electron chi connectivity index (χ1n) is 9.51. The van der Waals surface area contributed by atoms with Crippen LogP contribution in [0.15, 0.2) is 84.9 Å². The van der Waals surface area contributed by atoms with Gasteiger partial charge in [0.15, 0.2) is 0 Å². The van der Waals surface area contributed by atoms with Crippen molar-refractivity contribution in [3.05, 3.63) is 96.1 Å². The zero-order chi connectivity index (χ0) is 18.5. The van der Waals surface area contributed by atoms with E-state index in [1.165, 1.54) is 16.7 Å². The molecule has 4 rings (SSSR count). The largest absolute Gasteiger partial charge is 0.336 e. The fourth-order valence-corrected chi connectivity index (χ4v) is 3.56. The fourth-order valence-electron chi connectivity index (χ4n) is 3.56. The number of nitrogens with zero attached hydrogens (tertiary/aromatic N) is 2. The van der Waals surface area contributed by atoms with E-state index < -0.39 is 0 Å². The fraction of sp³-hybridized carbons (Fsp3) is 0.208. The molecular formula is C24H24N2O. The Labute approximate surface area is 160 Å². The van der Waals surface area contributed by atoms with Gasteiger partial charge in [-0.25, -0.2) is 0 Å². The summed E-state index contributed by atoms with van der Waals surface area (Å²) in [6, 6.07) is 28.8. The monoisotopic (exact) mass is 356 g/mol. The van der Waals surface area contributed by atoms with Crippen LogP contribution in [-0.4, -0.2) is 41.9 Å². The molecule has 3 heteroatoms. The van der Waals surface area contributed by atoms with Crippen molar-refractivity contribution >= 4 is 5.91 Å². The van der Waals surface area contributed by atoms with Crippen LogP contribution in [0, 0.1) is 0 Å². The van der Waals surface area contributed by atoms with Crippen LogP contribution in [0.3, 0.4) is 0 Å². The maximum Gasteiger partial charge on any atom is 0.253 e. The lowest BCUT2D eigenvalue weighted by Gasteiger charge is -2.34. The second-order valence-corrected chi connectivity index (χ2v) is 7.00. The highest BCUT2D eigenvalue weighted by Gasteiger charge is 2.21. The quantitative estimate of drug-likeness (QED) is 0.695. The molecule has 3 aromatic carbocycles. The highest BCUT2D eigenvalue weighted by Crippen LogP contribution is 2.20. The van der Waals surface area contributed by atoms with E-state index in [-0.39, 0.29) is 5.91 Å². The summed E-state index contributed by atoms with van der Waals surface area (Å²) in [4.78, 5) is 16.9. The second kappa shape index (κ2) is 8.19. The molecule has 1 saturated heterocycles. The average molecular weight is 356 g/mol. The van der Waals surface area contributed by atoms with Gasteiger partial charge in [-0.15, -0.1) is 0 Å². The van der Waals surface area contributed by atoms with Gasteiger partial charge in [-0.1, -0.05) is 72.8 Å². The third-order valence-electron chi connectivity index (χ3n) is 5.15. The van der Waals surface area contributed by atoms with Crippen LogP contribution < -0.4 is 0 Å². The number of hydrogen-bond donors (Lipinski definition) is 0. The van der Waals surface area contributed by atoms with Gasteiger partial charge in [-0.3, -0.25) is 9.69 Å². The predicted molar refractivity (Wildman–Crippen MR) is 110 cm³/mol. The minimum atomic E-state index is 0.141. The van der Waals surface area contributed by atoms with Crippen molar-refractivity contribution in [2.45, 2.75) is 6.54 Å². The van der Waals surface area contributed by atoms with Gasteiger partial charge < -0.3 is 4.90 Å². The van der Waals surface area contributed by atoms with E-state index in [9.17, 15) is 4.79 Å². The van der Waals surface area contributed by atoms with Crippen molar-refractivity contribution in [1.82, 2.24) is 9.80 Å².